The minimum atomic E-state index is -0.776. The van der Waals surface area contributed by atoms with Gasteiger partial charge in [-0.25, -0.2) is 0 Å². The standard InChI is InChI=1S/C25H27ClN4O3S/c1-15-16(2)34-25-22(15)23(17-9-11-18(26)12-10-17)28-20(24-29-27-14-30(24)25)13-19(31)7-5-3-4-6-8-21(32)33/h9-12,14,20H,3-8,13H2,1-2H3,(H,32,33)/t20-/m0/s1. The van der Waals surface area contributed by atoms with E-state index in [1.807, 2.05) is 28.8 Å². The van der Waals surface area contributed by atoms with E-state index in [0.29, 0.717) is 23.7 Å². The molecule has 0 bridgehead atoms. The number of unbranched alkanes of at least 4 members (excludes halogenated alkanes) is 3. The second kappa shape index (κ2) is 10.6. The lowest BCUT2D eigenvalue weighted by Crippen LogP contribution is -2.11. The molecule has 3 aromatic rings. The normalized spacial score (nSPS) is 14.8. The molecule has 178 valence electrons. The van der Waals surface area contributed by atoms with Crippen molar-refractivity contribution in [3.8, 4) is 5.00 Å². The molecule has 0 radical (unpaired) electrons. The average molecular weight is 499 g/mol. The molecular formula is C25H27ClN4O3S. The van der Waals surface area contributed by atoms with Crippen molar-refractivity contribution in [2.75, 3.05) is 0 Å². The molecule has 9 heteroatoms. The van der Waals surface area contributed by atoms with Crippen LogP contribution >= 0.6 is 22.9 Å². The van der Waals surface area contributed by atoms with Crippen LogP contribution in [0.5, 0.6) is 0 Å². The van der Waals surface area contributed by atoms with Crippen LogP contribution in [-0.2, 0) is 9.59 Å². The van der Waals surface area contributed by atoms with Crippen LogP contribution in [0.15, 0.2) is 35.6 Å². The number of aromatic nitrogens is 3. The number of nitrogens with zero attached hydrogens (tertiary/aromatic N) is 4. The molecule has 0 aliphatic carbocycles. The molecule has 0 fully saturated rings. The number of carbonyl (C=O) groups is 2. The Balaban J connectivity index is 1.59. The summed E-state index contributed by atoms with van der Waals surface area (Å²) in [5, 5.41) is 18.9. The van der Waals surface area contributed by atoms with E-state index >= 15 is 0 Å². The molecule has 1 aromatic carbocycles. The number of carboxylic acid groups (broad SMARTS) is 1. The Morgan fingerprint density at radius 2 is 1.79 bits per heavy atom. The number of thiophene rings is 1. The first-order valence-electron chi connectivity index (χ1n) is 11.4. The smallest absolute Gasteiger partial charge is 0.303 e. The predicted molar refractivity (Wildman–Crippen MR) is 134 cm³/mol. The first kappa shape index (κ1) is 24.3. The quantitative estimate of drug-likeness (QED) is 0.352. The molecule has 0 unspecified atom stereocenters. The summed E-state index contributed by atoms with van der Waals surface area (Å²) in [6.07, 6.45) is 5.62. The summed E-state index contributed by atoms with van der Waals surface area (Å²) in [7, 11) is 0. The fourth-order valence-corrected chi connectivity index (χ4v) is 5.46. The number of carbonyl (C=O) groups excluding carboxylic acids is 1. The maximum atomic E-state index is 12.9. The van der Waals surface area contributed by atoms with Crippen LogP contribution in [0.4, 0.5) is 0 Å². The number of benzene rings is 1. The molecule has 34 heavy (non-hydrogen) atoms. The molecule has 1 N–H and O–H groups in total. The lowest BCUT2D eigenvalue weighted by atomic mass is 9.99. The van der Waals surface area contributed by atoms with E-state index in [1.165, 1.54) is 4.88 Å². The SMILES string of the molecule is Cc1sc2c(c1C)C(c1ccc(Cl)cc1)=N[C@@H](CC(=O)CCCCCCC(=O)O)c1nncn1-2. The first-order valence-corrected chi connectivity index (χ1v) is 12.6. The number of hydrogen-bond acceptors (Lipinski definition) is 6. The Hall–Kier alpha value is -2.84. The highest BCUT2D eigenvalue weighted by atomic mass is 35.5. The predicted octanol–water partition coefficient (Wildman–Crippen LogP) is 5.88. The highest BCUT2D eigenvalue weighted by Gasteiger charge is 2.30. The van der Waals surface area contributed by atoms with Gasteiger partial charge >= 0.3 is 5.97 Å². The number of ketones is 1. The Morgan fingerprint density at radius 3 is 2.50 bits per heavy atom. The van der Waals surface area contributed by atoms with Crippen LogP contribution in [0, 0.1) is 13.8 Å². The minimum absolute atomic E-state index is 0.121. The molecule has 2 aromatic heterocycles. The number of aliphatic imine (C=N–C) groups is 1. The summed E-state index contributed by atoms with van der Waals surface area (Å²) >= 11 is 7.81. The van der Waals surface area contributed by atoms with Gasteiger partial charge in [0.2, 0.25) is 0 Å². The van der Waals surface area contributed by atoms with E-state index in [1.54, 1.807) is 17.7 Å². The number of aryl methyl sites for hydroxylation is 1. The van der Waals surface area contributed by atoms with Gasteiger partial charge in [0.1, 0.15) is 23.2 Å². The van der Waals surface area contributed by atoms with E-state index < -0.39 is 12.0 Å². The van der Waals surface area contributed by atoms with Crippen LogP contribution in [0.25, 0.3) is 5.00 Å². The molecule has 0 spiro atoms. The zero-order valence-electron chi connectivity index (χ0n) is 19.3. The molecule has 1 aliphatic heterocycles. The molecule has 0 saturated heterocycles. The molecule has 1 atom stereocenters. The van der Waals surface area contributed by atoms with Gasteiger partial charge in [0.15, 0.2) is 5.82 Å². The largest absolute Gasteiger partial charge is 0.481 e. The molecule has 3 heterocycles. The Bertz CT molecular complexity index is 1230. The van der Waals surface area contributed by atoms with Gasteiger partial charge in [-0.2, -0.15) is 0 Å². The lowest BCUT2D eigenvalue weighted by molar-refractivity contribution is -0.137. The van der Waals surface area contributed by atoms with Gasteiger partial charge in [-0.05, 0) is 44.4 Å². The number of Topliss-reactive ketones (excluding diaryl/α,β-unsaturated/α-hetero) is 1. The van der Waals surface area contributed by atoms with Crippen LogP contribution in [0.3, 0.4) is 0 Å². The van der Waals surface area contributed by atoms with Crippen molar-refractivity contribution in [2.24, 2.45) is 4.99 Å². The van der Waals surface area contributed by atoms with Crippen molar-refractivity contribution in [1.29, 1.82) is 0 Å². The second-order valence-corrected chi connectivity index (χ2v) is 10.2. The monoisotopic (exact) mass is 498 g/mol. The van der Waals surface area contributed by atoms with E-state index in [0.717, 1.165) is 46.7 Å². The zero-order chi connectivity index (χ0) is 24.2. The maximum absolute atomic E-state index is 12.9. The van der Waals surface area contributed by atoms with E-state index in [2.05, 4.69) is 24.0 Å². The zero-order valence-corrected chi connectivity index (χ0v) is 20.8. The molecule has 0 saturated carbocycles. The van der Waals surface area contributed by atoms with Gasteiger partial charge in [0.25, 0.3) is 0 Å². The van der Waals surface area contributed by atoms with Crippen molar-refractivity contribution in [2.45, 2.75) is 64.8 Å². The summed E-state index contributed by atoms with van der Waals surface area (Å²) < 4.78 is 1.97. The number of fused-ring (bicyclic) bond motifs is 3. The van der Waals surface area contributed by atoms with E-state index in [9.17, 15) is 9.59 Å². The van der Waals surface area contributed by atoms with Crippen molar-refractivity contribution >= 4 is 40.4 Å². The maximum Gasteiger partial charge on any atom is 0.303 e. The minimum Gasteiger partial charge on any atom is -0.481 e. The topological polar surface area (TPSA) is 97.4 Å². The van der Waals surface area contributed by atoms with Crippen LogP contribution in [0.1, 0.15) is 78.4 Å². The van der Waals surface area contributed by atoms with Crippen molar-refractivity contribution < 1.29 is 14.7 Å². The van der Waals surface area contributed by atoms with Crippen LogP contribution in [0.2, 0.25) is 5.02 Å². The number of hydrogen-bond donors (Lipinski definition) is 1. The summed E-state index contributed by atoms with van der Waals surface area (Å²) in [4.78, 5) is 29.8. The number of rotatable bonds is 10. The van der Waals surface area contributed by atoms with Gasteiger partial charge < -0.3 is 5.11 Å². The van der Waals surface area contributed by atoms with Crippen LogP contribution in [-0.4, -0.2) is 37.3 Å². The Labute approximate surface area is 207 Å². The number of halogens is 1. The fraction of sp³-hybridized carbons (Fsp3) is 0.400. The third-order valence-corrected chi connectivity index (χ3v) is 7.57. The van der Waals surface area contributed by atoms with Crippen LogP contribution < -0.4 is 0 Å². The lowest BCUT2D eigenvalue weighted by Gasteiger charge is -2.12. The van der Waals surface area contributed by atoms with Gasteiger partial charge in [0, 0.05) is 40.3 Å². The summed E-state index contributed by atoms with van der Waals surface area (Å²) in [6, 6.07) is 7.18. The van der Waals surface area contributed by atoms with E-state index in [4.69, 9.17) is 21.7 Å². The fourth-order valence-electron chi connectivity index (χ4n) is 4.20. The third kappa shape index (κ3) is 5.28. The molecule has 7 nitrogen and oxygen atoms in total. The Morgan fingerprint density at radius 1 is 1.09 bits per heavy atom. The number of aliphatic carboxylic acids is 1. The highest BCUT2D eigenvalue weighted by Crippen LogP contribution is 2.39. The molecule has 4 rings (SSSR count). The van der Waals surface area contributed by atoms with Gasteiger partial charge in [-0.3, -0.25) is 19.1 Å². The summed E-state index contributed by atoms with van der Waals surface area (Å²) in [6.45, 7) is 4.19. The summed E-state index contributed by atoms with van der Waals surface area (Å²) in [5.74, 6) is 0.0123. The van der Waals surface area contributed by atoms with Crippen molar-refractivity contribution in [3.63, 3.8) is 0 Å². The molecule has 0 amide bonds. The first-order chi connectivity index (χ1) is 16.3. The van der Waals surface area contributed by atoms with Gasteiger partial charge in [-0.1, -0.05) is 36.6 Å². The molecular weight excluding hydrogens is 472 g/mol. The number of carboxylic acids is 1. The van der Waals surface area contributed by atoms with E-state index in [-0.39, 0.29) is 18.6 Å². The molecule has 1 aliphatic rings. The van der Waals surface area contributed by atoms with Gasteiger partial charge in [0.05, 0.1) is 5.71 Å². The Kier molecular flexibility index (Phi) is 7.58. The third-order valence-electron chi connectivity index (χ3n) is 6.11. The van der Waals surface area contributed by atoms with Crippen molar-refractivity contribution in [3.05, 3.63) is 63.0 Å². The highest BCUT2D eigenvalue weighted by molar-refractivity contribution is 7.15. The average Bonchev–Trinajstić information content (AvgIpc) is 3.36. The van der Waals surface area contributed by atoms with Crippen molar-refractivity contribution in [1.82, 2.24) is 14.8 Å². The second-order valence-electron chi connectivity index (χ2n) is 8.57. The summed E-state index contributed by atoms with van der Waals surface area (Å²) in [5.41, 5.74) is 3.98. The van der Waals surface area contributed by atoms with Gasteiger partial charge in [-0.15, -0.1) is 21.5 Å².